The van der Waals surface area contributed by atoms with Crippen LogP contribution >= 0.6 is 34.7 Å². The summed E-state index contributed by atoms with van der Waals surface area (Å²) in [7, 11) is 0. The van der Waals surface area contributed by atoms with Crippen LogP contribution in [0, 0.1) is 0 Å². The number of halogens is 1. The molecule has 0 saturated carbocycles. The molecule has 2 aliphatic rings. The smallest absolute Gasteiger partial charge is 0.264 e. The number of fused-ring (bicyclic) bond motifs is 1. The van der Waals surface area contributed by atoms with Crippen molar-refractivity contribution in [2.24, 2.45) is 0 Å². The van der Waals surface area contributed by atoms with Gasteiger partial charge >= 0.3 is 0 Å². The van der Waals surface area contributed by atoms with Gasteiger partial charge in [-0.3, -0.25) is 4.79 Å². The molecule has 2 aliphatic heterocycles. The zero-order valence-electron chi connectivity index (χ0n) is 16.5. The number of carbonyl (C=O) groups excluding carboxylic acids is 1. The Morgan fingerprint density at radius 2 is 1.63 bits per heavy atom. The number of amides is 1. The molecule has 2 aromatic carbocycles. The fourth-order valence-electron chi connectivity index (χ4n) is 3.96. The second-order valence-corrected chi connectivity index (χ2v) is 10.00. The van der Waals surface area contributed by atoms with E-state index in [1.165, 1.54) is 10.6 Å². The number of rotatable bonds is 3. The molecule has 1 fully saturated rings. The summed E-state index contributed by atoms with van der Waals surface area (Å²) in [5.74, 6) is 1.20. The highest BCUT2D eigenvalue weighted by molar-refractivity contribution is 7.99. The maximum absolute atomic E-state index is 13.1. The minimum absolute atomic E-state index is 0.140. The Kier molecular flexibility index (Phi) is 5.63. The van der Waals surface area contributed by atoms with Crippen molar-refractivity contribution >= 4 is 57.0 Å². The molecule has 4 nitrogen and oxygen atoms in total. The molecule has 0 radical (unpaired) electrons. The molecule has 0 spiro atoms. The molecule has 3 heterocycles. The van der Waals surface area contributed by atoms with Crippen molar-refractivity contribution < 1.29 is 4.79 Å². The second-order valence-electron chi connectivity index (χ2n) is 7.36. The van der Waals surface area contributed by atoms with Crippen LogP contribution in [0.5, 0.6) is 0 Å². The number of anilines is 3. The van der Waals surface area contributed by atoms with Gasteiger partial charge in [-0.05, 0) is 48.5 Å². The van der Waals surface area contributed by atoms with Crippen molar-refractivity contribution in [2.75, 3.05) is 48.3 Å². The number of piperazine rings is 1. The number of benzene rings is 2. The lowest BCUT2D eigenvalue weighted by atomic mass is 10.2. The van der Waals surface area contributed by atoms with E-state index < -0.39 is 0 Å². The fourth-order valence-corrected chi connectivity index (χ4v) is 6.10. The summed E-state index contributed by atoms with van der Waals surface area (Å²) in [6.07, 6.45) is 0. The zero-order chi connectivity index (χ0) is 20.5. The average molecular weight is 456 g/mol. The maximum atomic E-state index is 13.1. The van der Waals surface area contributed by atoms with Crippen LogP contribution in [0.1, 0.15) is 9.67 Å². The van der Waals surface area contributed by atoms with Crippen LogP contribution in [-0.2, 0) is 0 Å². The van der Waals surface area contributed by atoms with Crippen LogP contribution in [-0.4, -0.2) is 49.3 Å². The molecule has 0 aliphatic carbocycles. The van der Waals surface area contributed by atoms with Crippen LogP contribution in [0.3, 0.4) is 0 Å². The first-order valence-electron chi connectivity index (χ1n) is 10.1. The van der Waals surface area contributed by atoms with Gasteiger partial charge in [0, 0.05) is 54.1 Å². The van der Waals surface area contributed by atoms with Gasteiger partial charge in [-0.1, -0.05) is 23.7 Å². The molecular weight excluding hydrogens is 434 g/mol. The Hall–Kier alpha value is -2.15. The van der Waals surface area contributed by atoms with Gasteiger partial charge in [0.25, 0.3) is 5.91 Å². The summed E-state index contributed by atoms with van der Waals surface area (Å²) in [5, 5.41) is 1.89. The summed E-state index contributed by atoms with van der Waals surface area (Å²) >= 11 is 9.49. The van der Waals surface area contributed by atoms with Crippen LogP contribution in [0.15, 0.2) is 65.6 Å². The quantitative estimate of drug-likeness (QED) is 0.513. The standard InChI is InChI=1S/C23H22ClN3OS2/c24-17-5-7-18(8-6-17)25-11-13-26(14-12-25)23(28)21-9-10-22(30-21)27-15-16-29-20-4-2-1-3-19(20)27/h1-10H,11-16H2. The number of hydrogen-bond donors (Lipinski definition) is 0. The van der Waals surface area contributed by atoms with Gasteiger partial charge in [-0.25, -0.2) is 0 Å². The lowest BCUT2D eigenvalue weighted by Crippen LogP contribution is -2.48. The van der Waals surface area contributed by atoms with Gasteiger partial charge in [0.2, 0.25) is 0 Å². The van der Waals surface area contributed by atoms with Crippen molar-refractivity contribution in [3.8, 4) is 0 Å². The Labute approximate surface area is 190 Å². The Morgan fingerprint density at radius 3 is 2.43 bits per heavy atom. The van der Waals surface area contributed by atoms with Crippen molar-refractivity contribution in [3.63, 3.8) is 0 Å². The normalized spacial score (nSPS) is 16.5. The molecule has 1 aromatic heterocycles. The lowest BCUT2D eigenvalue weighted by molar-refractivity contribution is 0.0751. The average Bonchev–Trinajstić information content (AvgIpc) is 3.29. The monoisotopic (exact) mass is 455 g/mol. The molecular formula is C23H22ClN3OS2. The molecule has 1 amide bonds. The van der Waals surface area contributed by atoms with E-state index in [9.17, 15) is 4.79 Å². The third kappa shape index (κ3) is 3.92. The SMILES string of the molecule is O=C(c1ccc(N2CCSc3ccccc32)s1)N1CCN(c2ccc(Cl)cc2)CC1. The summed E-state index contributed by atoms with van der Waals surface area (Å²) < 4.78 is 0. The first-order chi connectivity index (χ1) is 14.7. The number of para-hydroxylation sites is 1. The van der Waals surface area contributed by atoms with E-state index in [0.29, 0.717) is 0 Å². The van der Waals surface area contributed by atoms with Gasteiger partial charge in [-0.15, -0.1) is 23.1 Å². The molecule has 5 rings (SSSR count). The summed E-state index contributed by atoms with van der Waals surface area (Å²) in [6.45, 7) is 4.11. The van der Waals surface area contributed by atoms with Gasteiger partial charge in [0.05, 0.1) is 15.6 Å². The first-order valence-corrected chi connectivity index (χ1v) is 12.3. The zero-order valence-corrected chi connectivity index (χ0v) is 18.8. The van der Waals surface area contributed by atoms with Gasteiger partial charge in [0.15, 0.2) is 0 Å². The minimum atomic E-state index is 0.140. The predicted octanol–water partition coefficient (Wildman–Crippen LogP) is 5.61. The Morgan fingerprint density at radius 1 is 0.867 bits per heavy atom. The van der Waals surface area contributed by atoms with Gasteiger partial charge in [0.1, 0.15) is 0 Å². The van der Waals surface area contributed by atoms with Crippen LogP contribution in [0.2, 0.25) is 5.02 Å². The lowest BCUT2D eigenvalue weighted by Gasteiger charge is -2.36. The fraction of sp³-hybridized carbons (Fsp3) is 0.261. The molecule has 1 saturated heterocycles. The number of thioether (sulfide) groups is 1. The van der Waals surface area contributed by atoms with Crippen LogP contribution in [0.4, 0.5) is 16.4 Å². The number of carbonyl (C=O) groups is 1. The minimum Gasteiger partial charge on any atom is -0.368 e. The predicted molar refractivity (Wildman–Crippen MR) is 128 cm³/mol. The van der Waals surface area contributed by atoms with E-state index >= 15 is 0 Å². The van der Waals surface area contributed by atoms with Gasteiger partial charge in [-0.2, -0.15) is 0 Å². The Bertz CT molecular complexity index is 1040. The van der Waals surface area contributed by atoms with Gasteiger partial charge < -0.3 is 14.7 Å². The molecule has 154 valence electrons. The first kappa shape index (κ1) is 19.8. The summed E-state index contributed by atoms with van der Waals surface area (Å²) in [5.41, 5.74) is 2.40. The molecule has 3 aromatic rings. The highest BCUT2D eigenvalue weighted by Crippen LogP contribution is 2.41. The topological polar surface area (TPSA) is 26.8 Å². The molecule has 0 unspecified atom stereocenters. The van der Waals surface area contributed by atoms with E-state index in [2.05, 4.69) is 40.1 Å². The summed E-state index contributed by atoms with van der Waals surface area (Å²) in [4.78, 5) is 21.9. The highest BCUT2D eigenvalue weighted by atomic mass is 35.5. The molecule has 0 bridgehead atoms. The van der Waals surface area contributed by atoms with Crippen molar-refractivity contribution in [2.45, 2.75) is 4.90 Å². The Balaban J connectivity index is 1.26. The van der Waals surface area contributed by atoms with Crippen LogP contribution in [0.25, 0.3) is 0 Å². The van der Waals surface area contributed by atoms with E-state index in [-0.39, 0.29) is 5.91 Å². The number of nitrogens with zero attached hydrogens (tertiary/aromatic N) is 3. The molecule has 0 atom stereocenters. The second kappa shape index (κ2) is 8.53. The molecule has 30 heavy (non-hydrogen) atoms. The third-order valence-corrected chi connectivity index (χ3v) is 7.95. The van der Waals surface area contributed by atoms with Crippen molar-refractivity contribution in [3.05, 3.63) is 70.6 Å². The number of hydrogen-bond acceptors (Lipinski definition) is 5. The van der Waals surface area contributed by atoms with Crippen LogP contribution < -0.4 is 9.80 Å². The van der Waals surface area contributed by atoms with E-state index in [0.717, 1.165) is 59.1 Å². The van der Waals surface area contributed by atoms with Crippen molar-refractivity contribution in [1.29, 1.82) is 0 Å². The van der Waals surface area contributed by atoms with E-state index in [4.69, 9.17) is 11.6 Å². The maximum Gasteiger partial charge on any atom is 0.264 e. The largest absolute Gasteiger partial charge is 0.368 e. The third-order valence-electron chi connectivity index (χ3n) is 5.56. The molecule has 0 N–H and O–H groups in total. The van der Waals surface area contributed by atoms with E-state index in [1.54, 1.807) is 11.3 Å². The number of thiophene rings is 1. The molecule has 7 heteroatoms. The summed E-state index contributed by atoms with van der Waals surface area (Å²) in [6, 6.07) is 20.5. The highest BCUT2D eigenvalue weighted by Gasteiger charge is 2.25. The van der Waals surface area contributed by atoms with E-state index in [1.807, 2.05) is 47.0 Å². The van der Waals surface area contributed by atoms with Crippen molar-refractivity contribution in [1.82, 2.24) is 4.90 Å².